The van der Waals surface area contributed by atoms with Crippen molar-refractivity contribution in [1.82, 2.24) is 0 Å². The highest BCUT2D eigenvalue weighted by Crippen LogP contribution is 2.44. The molecule has 2 N–H and O–H groups in total. The van der Waals surface area contributed by atoms with Crippen molar-refractivity contribution in [1.29, 1.82) is 0 Å². The predicted octanol–water partition coefficient (Wildman–Crippen LogP) is 2.84. The molecular weight excluding hydrogens is 240 g/mol. The second kappa shape index (κ2) is 4.43. The van der Waals surface area contributed by atoms with E-state index < -0.39 is 6.29 Å². The van der Waals surface area contributed by atoms with Gasteiger partial charge in [-0.25, -0.2) is 0 Å². The van der Waals surface area contributed by atoms with Gasteiger partial charge in [0.05, 0.1) is 0 Å². The molecule has 6 heteroatoms. The fourth-order valence-corrected chi connectivity index (χ4v) is 1.50. The number of rotatable bonds is 2. The molecule has 1 heterocycles. The topological polar surface area (TPSA) is 44.5 Å². The Morgan fingerprint density at radius 1 is 1.38 bits per heavy atom. The summed E-state index contributed by atoms with van der Waals surface area (Å²) in [6.45, 7) is 1.87. The minimum absolute atomic E-state index is 0. The molecule has 16 heavy (non-hydrogen) atoms. The van der Waals surface area contributed by atoms with Crippen molar-refractivity contribution in [3.63, 3.8) is 0 Å². The van der Waals surface area contributed by atoms with Crippen LogP contribution in [0.2, 0.25) is 0 Å². The summed E-state index contributed by atoms with van der Waals surface area (Å²) in [7, 11) is 0. The van der Waals surface area contributed by atoms with Gasteiger partial charge in [0.1, 0.15) is 0 Å². The first-order chi connectivity index (χ1) is 7.03. The zero-order chi connectivity index (χ0) is 11.1. The third kappa shape index (κ3) is 2.20. The van der Waals surface area contributed by atoms with Gasteiger partial charge >= 0.3 is 6.29 Å². The number of ether oxygens (including phenoxy) is 2. The lowest BCUT2D eigenvalue weighted by atomic mass is 10.0. The third-order valence-electron chi connectivity index (χ3n) is 2.30. The van der Waals surface area contributed by atoms with Crippen LogP contribution in [0.3, 0.4) is 0 Å². The standard InChI is InChI=1S/C10H11F2NO2.ClH/c1-2-7(13)6-4-3-5-8-9(6)15-10(11,12)14-8;/h3-5,7H,2,13H2,1H3;1H/t7-;/m0./s1. The van der Waals surface area contributed by atoms with Crippen LogP contribution < -0.4 is 15.2 Å². The third-order valence-corrected chi connectivity index (χ3v) is 2.30. The molecule has 0 radical (unpaired) electrons. The van der Waals surface area contributed by atoms with E-state index in [1.807, 2.05) is 6.92 Å². The fraction of sp³-hybridized carbons (Fsp3) is 0.400. The lowest BCUT2D eigenvalue weighted by Crippen LogP contribution is -2.26. The Morgan fingerprint density at radius 3 is 2.69 bits per heavy atom. The van der Waals surface area contributed by atoms with Crippen molar-refractivity contribution < 1.29 is 18.3 Å². The zero-order valence-corrected chi connectivity index (χ0v) is 9.39. The maximum absolute atomic E-state index is 12.8. The number of halogens is 3. The smallest absolute Gasteiger partial charge is 0.395 e. The summed E-state index contributed by atoms with van der Waals surface area (Å²) in [4.78, 5) is 0. The highest BCUT2D eigenvalue weighted by Gasteiger charge is 2.44. The summed E-state index contributed by atoms with van der Waals surface area (Å²) in [6, 6.07) is 4.39. The first-order valence-electron chi connectivity index (χ1n) is 4.68. The molecule has 1 aliphatic rings. The second-order valence-corrected chi connectivity index (χ2v) is 3.36. The van der Waals surface area contributed by atoms with Gasteiger partial charge in [-0.3, -0.25) is 0 Å². The fourth-order valence-electron chi connectivity index (χ4n) is 1.50. The largest absolute Gasteiger partial charge is 0.586 e. The minimum atomic E-state index is -3.58. The van der Waals surface area contributed by atoms with Crippen LogP contribution in [-0.2, 0) is 0 Å². The molecule has 0 aliphatic carbocycles. The van der Waals surface area contributed by atoms with E-state index in [9.17, 15) is 8.78 Å². The summed E-state index contributed by atoms with van der Waals surface area (Å²) in [5.41, 5.74) is 6.32. The number of hydrogen-bond acceptors (Lipinski definition) is 3. The highest BCUT2D eigenvalue weighted by atomic mass is 35.5. The number of alkyl halides is 2. The van der Waals surface area contributed by atoms with Crippen LogP contribution in [0.15, 0.2) is 18.2 Å². The van der Waals surface area contributed by atoms with Crippen molar-refractivity contribution in [2.45, 2.75) is 25.7 Å². The number of nitrogens with two attached hydrogens (primary N) is 1. The second-order valence-electron chi connectivity index (χ2n) is 3.36. The molecule has 1 atom stereocenters. The van der Waals surface area contributed by atoms with Crippen LogP contribution in [0.25, 0.3) is 0 Å². The van der Waals surface area contributed by atoms with Crippen molar-refractivity contribution in [3.05, 3.63) is 23.8 Å². The molecule has 0 saturated carbocycles. The Bertz CT molecular complexity index is 387. The quantitative estimate of drug-likeness (QED) is 0.879. The van der Waals surface area contributed by atoms with E-state index in [4.69, 9.17) is 5.73 Å². The van der Waals surface area contributed by atoms with Crippen molar-refractivity contribution in [2.24, 2.45) is 5.73 Å². The molecule has 0 unspecified atom stereocenters. The predicted molar refractivity (Wildman–Crippen MR) is 57.1 cm³/mol. The lowest BCUT2D eigenvalue weighted by molar-refractivity contribution is -0.287. The van der Waals surface area contributed by atoms with Crippen molar-refractivity contribution in [3.8, 4) is 11.5 Å². The number of hydrogen-bond donors (Lipinski definition) is 1. The Hall–Kier alpha value is -1.07. The number of para-hydroxylation sites is 1. The Balaban J connectivity index is 0.00000128. The minimum Gasteiger partial charge on any atom is -0.395 e. The summed E-state index contributed by atoms with van der Waals surface area (Å²) in [5.74, 6) is 0.0956. The van der Waals surface area contributed by atoms with E-state index in [2.05, 4.69) is 9.47 Å². The van der Waals surface area contributed by atoms with Gasteiger partial charge < -0.3 is 15.2 Å². The van der Waals surface area contributed by atoms with E-state index >= 15 is 0 Å². The van der Waals surface area contributed by atoms with E-state index in [0.29, 0.717) is 12.0 Å². The first-order valence-corrected chi connectivity index (χ1v) is 4.68. The Kier molecular flexibility index (Phi) is 3.60. The van der Waals surface area contributed by atoms with Gasteiger partial charge in [-0.1, -0.05) is 19.1 Å². The summed E-state index contributed by atoms with van der Waals surface area (Å²) in [6.07, 6.45) is -2.93. The monoisotopic (exact) mass is 251 g/mol. The molecule has 0 fully saturated rings. The molecule has 1 aliphatic heterocycles. The molecule has 1 aromatic rings. The average molecular weight is 252 g/mol. The Morgan fingerprint density at radius 2 is 2.06 bits per heavy atom. The average Bonchev–Trinajstić information content (AvgIpc) is 2.49. The molecule has 0 amide bonds. The van der Waals surface area contributed by atoms with Gasteiger partial charge in [0.2, 0.25) is 0 Å². The van der Waals surface area contributed by atoms with E-state index in [1.54, 1.807) is 12.1 Å². The van der Waals surface area contributed by atoms with Crippen LogP contribution in [0.1, 0.15) is 24.9 Å². The van der Waals surface area contributed by atoms with Gasteiger partial charge in [0.15, 0.2) is 11.5 Å². The van der Waals surface area contributed by atoms with E-state index in [0.717, 1.165) is 0 Å². The van der Waals surface area contributed by atoms with E-state index in [1.165, 1.54) is 6.07 Å². The molecule has 3 nitrogen and oxygen atoms in total. The van der Waals surface area contributed by atoms with Gasteiger partial charge in [0.25, 0.3) is 0 Å². The molecule has 2 rings (SSSR count). The van der Waals surface area contributed by atoms with E-state index in [-0.39, 0.29) is 29.9 Å². The van der Waals surface area contributed by atoms with Crippen molar-refractivity contribution in [2.75, 3.05) is 0 Å². The van der Waals surface area contributed by atoms with Gasteiger partial charge in [-0.15, -0.1) is 21.2 Å². The zero-order valence-electron chi connectivity index (χ0n) is 8.57. The molecule has 0 bridgehead atoms. The molecule has 0 saturated heterocycles. The van der Waals surface area contributed by atoms with Gasteiger partial charge in [-0.05, 0) is 12.5 Å². The number of benzene rings is 1. The van der Waals surface area contributed by atoms with Crippen molar-refractivity contribution >= 4 is 12.4 Å². The van der Waals surface area contributed by atoms with Crippen LogP contribution in [-0.4, -0.2) is 6.29 Å². The van der Waals surface area contributed by atoms with Gasteiger partial charge in [0, 0.05) is 11.6 Å². The molecule has 90 valence electrons. The lowest BCUT2D eigenvalue weighted by Gasteiger charge is -2.11. The summed E-state index contributed by atoms with van der Waals surface area (Å²) in [5, 5.41) is 0. The molecule has 0 aromatic heterocycles. The first kappa shape index (κ1) is 13.0. The van der Waals surface area contributed by atoms with Crippen LogP contribution in [0, 0.1) is 0 Å². The highest BCUT2D eigenvalue weighted by molar-refractivity contribution is 5.85. The van der Waals surface area contributed by atoms with Crippen LogP contribution in [0.4, 0.5) is 8.78 Å². The summed E-state index contributed by atoms with van der Waals surface area (Å²) >= 11 is 0. The van der Waals surface area contributed by atoms with Crippen LogP contribution in [0.5, 0.6) is 11.5 Å². The maximum atomic E-state index is 12.8. The number of fused-ring (bicyclic) bond motifs is 1. The molecule has 0 spiro atoms. The van der Waals surface area contributed by atoms with Crippen LogP contribution >= 0.6 is 12.4 Å². The molecular formula is C10H12ClF2NO2. The van der Waals surface area contributed by atoms with Gasteiger partial charge in [-0.2, -0.15) is 0 Å². The Labute approximate surface area is 97.9 Å². The summed E-state index contributed by atoms with van der Waals surface area (Å²) < 4.78 is 34.3. The molecule has 1 aromatic carbocycles. The SMILES string of the molecule is CC[C@H](N)c1cccc2c1OC(F)(F)O2.Cl. The normalized spacial score (nSPS) is 17.8. The maximum Gasteiger partial charge on any atom is 0.586 e.